The fraction of sp³-hybridized carbons (Fsp3) is 0.158. The number of benzene rings is 1. The topological polar surface area (TPSA) is 63.1 Å². The molecule has 2 N–H and O–H groups in total. The summed E-state index contributed by atoms with van der Waals surface area (Å²) in [7, 11) is 0. The number of carbonyl (C=O) groups is 1. The molecule has 2 heterocycles. The normalized spacial score (nSPS) is 10.6. The van der Waals surface area contributed by atoms with E-state index in [1.807, 2.05) is 17.5 Å². The molecule has 0 aliphatic carbocycles. The van der Waals surface area contributed by atoms with Gasteiger partial charge in [-0.15, -0.1) is 11.3 Å². The molecule has 1 aromatic carbocycles. The van der Waals surface area contributed by atoms with Crippen LogP contribution in [0.3, 0.4) is 0 Å². The number of nitrogens with zero attached hydrogens (tertiary/aromatic N) is 1. The van der Waals surface area contributed by atoms with Crippen LogP contribution in [-0.2, 0) is 24.4 Å². The number of anilines is 1. The lowest BCUT2D eigenvalue weighted by Crippen LogP contribution is -2.32. The van der Waals surface area contributed by atoms with Gasteiger partial charge in [-0.25, -0.2) is 0 Å². The third kappa shape index (κ3) is 5.35. The Morgan fingerprint density at radius 1 is 1.07 bits per heavy atom. The molecule has 0 atom stereocenters. The van der Waals surface area contributed by atoms with E-state index in [-0.39, 0.29) is 18.0 Å². The molecule has 27 heavy (non-hydrogen) atoms. The van der Waals surface area contributed by atoms with Gasteiger partial charge in [0.25, 0.3) is 5.56 Å². The Hall–Kier alpha value is -2.28. The molecule has 0 saturated carbocycles. The highest BCUT2D eigenvalue weighted by molar-refractivity contribution is 7.09. The number of thiophene rings is 1. The molecule has 8 heteroatoms. The summed E-state index contributed by atoms with van der Waals surface area (Å²) in [5.41, 5.74) is 1.05. The highest BCUT2D eigenvalue weighted by Crippen LogP contribution is 2.22. The van der Waals surface area contributed by atoms with E-state index < -0.39 is 0 Å². The summed E-state index contributed by atoms with van der Waals surface area (Å²) in [6, 6.07) is 12.6. The van der Waals surface area contributed by atoms with Crippen LogP contribution in [0.4, 0.5) is 5.69 Å². The van der Waals surface area contributed by atoms with Crippen molar-refractivity contribution >= 4 is 46.1 Å². The molecule has 0 aliphatic heterocycles. The fourth-order valence-corrected chi connectivity index (χ4v) is 3.42. The maximum Gasteiger partial charge on any atom is 0.274 e. The molecular formula is C19H17Cl2N3O2S. The molecule has 0 fully saturated rings. The van der Waals surface area contributed by atoms with Gasteiger partial charge >= 0.3 is 0 Å². The first-order valence-electron chi connectivity index (χ1n) is 8.19. The van der Waals surface area contributed by atoms with Crippen LogP contribution in [-0.4, -0.2) is 10.5 Å². The Labute approximate surface area is 170 Å². The Balaban J connectivity index is 1.59. The molecule has 0 unspecified atom stereocenters. The molecule has 5 nitrogen and oxygen atoms in total. The zero-order chi connectivity index (χ0) is 19.2. The van der Waals surface area contributed by atoms with Crippen molar-refractivity contribution < 1.29 is 4.79 Å². The molecule has 3 aromatic rings. The van der Waals surface area contributed by atoms with E-state index in [2.05, 4.69) is 10.6 Å². The van der Waals surface area contributed by atoms with Crippen molar-refractivity contribution in [3.05, 3.63) is 84.9 Å². The van der Waals surface area contributed by atoms with Crippen molar-refractivity contribution in [1.29, 1.82) is 0 Å². The maximum atomic E-state index is 12.5. The highest BCUT2D eigenvalue weighted by Gasteiger charge is 2.08. The molecule has 0 spiro atoms. The minimum Gasteiger partial charge on any atom is -0.376 e. The number of halogens is 2. The van der Waals surface area contributed by atoms with Crippen LogP contribution in [0.15, 0.2) is 58.8 Å². The van der Waals surface area contributed by atoms with Crippen LogP contribution in [0, 0.1) is 0 Å². The summed E-state index contributed by atoms with van der Waals surface area (Å²) in [6.45, 7) is 0.815. The third-order valence-electron chi connectivity index (χ3n) is 3.84. The monoisotopic (exact) mass is 421 g/mol. The first kappa shape index (κ1) is 19.5. The smallest absolute Gasteiger partial charge is 0.274 e. The van der Waals surface area contributed by atoms with Crippen LogP contribution < -0.4 is 16.2 Å². The van der Waals surface area contributed by atoms with Gasteiger partial charge in [0.1, 0.15) is 12.2 Å². The van der Waals surface area contributed by atoms with Crippen LogP contribution in [0.25, 0.3) is 0 Å². The van der Waals surface area contributed by atoms with Gasteiger partial charge in [-0.05, 0) is 41.3 Å². The number of carbonyl (C=O) groups excluding carboxylic acids is 1. The number of nitrogens with one attached hydrogen (secondary N) is 2. The summed E-state index contributed by atoms with van der Waals surface area (Å²) < 4.78 is 1.38. The van der Waals surface area contributed by atoms with Gasteiger partial charge in [-0.1, -0.05) is 35.3 Å². The Bertz CT molecular complexity index is 987. The standard InChI is InChI=1S/C19H17Cl2N3O2S/c20-15-6-5-13(9-16(15)21)10-23-18(25)12-24-7-1-4-17(19(24)26)22-11-14-3-2-8-27-14/h1-9,22H,10-12H2,(H,23,25). The number of hydrogen-bond donors (Lipinski definition) is 2. The second-order valence-corrected chi connectivity index (χ2v) is 7.66. The van der Waals surface area contributed by atoms with Gasteiger partial charge in [-0.2, -0.15) is 0 Å². The number of aromatic nitrogens is 1. The average Bonchev–Trinajstić information content (AvgIpc) is 3.17. The molecule has 2 aromatic heterocycles. The molecule has 0 radical (unpaired) electrons. The Morgan fingerprint density at radius 3 is 2.67 bits per heavy atom. The van der Waals surface area contributed by atoms with E-state index >= 15 is 0 Å². The van der Waals surface area contributed by atoms with Gasteiger partial charge in [0, 0.05) is 24.2 Å². The molecule has 3 rings (SSSR count). The van der Waals surface area contributed by atoms with Crippen LogP contribution in [0.5, 0.6) is 0 Å². The van der Waals surface area contributed by atoms with Gasteiger partial charge in [0.15, 0.2) is 0 Å². The van der Waals surface area contributed by atoms with E-state index in [9.17, 15) is 9.59 Å². The zero-order valence-corrected chi connectivity index (χ0v) is 16.6. The van der Waals surface area contributed by atoms with Crippen molar-refractivity contribution in [3.63, 3.8) is 0 Å². The highest BCUT2D eigenvalue weighted by atomic mass is 35.5. The van der Waals surface area contributed by atoms with Crippen LogP contribution >= 0.6 is 34.5 Å². The van der Waals surface area contributed by atoms with E-state index in [1.54, 1.807) is 47.9 Å². The van der Waals surface area contributed by atoms with Gasteiger partial charge in [-0.3, -0.25) is 9.59 Å². The van der Waals surface area contributed by atoms with Crippen molar-refractivity contribution in [2.45, 2.75) is 19.6 Å². The third-order valence-corrected chi connectivity index (χ3v) is 5.46. The summed E-state index contributed by atoms with van der Waals surface area (Å²) >= 11 is 13.5. The summed E-state index contributed by atoms with van der Waals surface area (Å²) in [6.07, 6.45) is 1.59. The average molecular weight is 422 g/mol. The van der Waals surface area contributed by atoms with Crippen LogP contribution in [0.2, 0.25) is 10.0 Å². The SMILES string of the molecule is O=C(Cn1cccc(NCc2cccs2)c1=O)NCc1ccc(Cl)c(Cl)c1. The zero-order valence-electron chi connectivity index (χ0n) is 14.2. The minimum absolute atomic E-state index is 0.0608. The number of hydrogen-bond acceptors (Lipinski definition) is 4. The summed E-state index contributed by atoms with van der Waals surface area (Å²) in [4.78, 5) is 25.8. The van der Waals surface area contributed by atoms with E-state index in [0.29, 0.717) is 28.8 Å². The minimum atomic E-state index is -0.265. The lowest BCUT2D eigenvalue weighted by Gasteiger charge is -2.10. The van der Waals surface area contributed by atoms with Gasteiger partial charge < -0.3 is 15.2 Å². The Morgan fingerprint density at radius 2 is 1.93 bits per heavy atom. The second-order valence-electron chi connectivity index (χ2n) is 5.81. The fourth-order valence-electron chi connectivity index (χ4n) is 2.45. The Kier molecular flexibility index (Phi) is 6.55. The lowest BCUT2D eigenvalue weighted by molar-refractivity contribution is -0.121. The van der Waals surface area contributed by atoms with Gasteiger partial charge in [0.2, 0.25) is 5.91 Å². The van der Waals surface area contributed by atoms with E-state index in [4.69, 9.17) is 23.2 Å². The first-order valence-corrected chi connectivity index (χ1v) is 9.83. The first-order chi connectivity index (χ1) is 13.0. The van der Waals surface area contributed by atoms with Crippen molar-refractivity contribution in [2.24, 2.45) is 0 Å². The largest absolute Gasteiger partial charge is 0.376 e. The summed E-state index contributed by atoms with van der Waals surface area (Å²) in [5.74, 6) is -0.265. The molecule has 0 aliphatic rings. The van der Waals surface area contributed by atoms with E-state index in [0.717, 1.165) is 10.4 Å². The van der Waals surface area contributed by atoms with Crippen molar-refractivity contribution in [3.8, 4) is 0 Å². The quantitative estimate of drug-likeness (QED) is 0.602. The number of rotatable bonds is 7. The molecular weight excluding hydrogens is 405 g/mol. The van der Waals surface area contributed by atoms with E-state index in [1.165, 1.54) is 4.57 Å². The van der Waals surface area contributed by atoms with Crippen molar-refractivity contribution in [2.75, 3.05) is 5.32 Å². The van der Waals surface area contributed by atoms with Crippen molar-refractivity contribution in [1.82, 2.24) is 9.88 Å². The predicted octanol–water partition coefficient (Wildman–Crippen LogP) is 4.15. The maximum absolute atomic E-state index is 12.5. The molecule has 140 valence electrons. The molecule has 0 bridgehead atoms. The predicted molar refractivity (Wildman–Crippen MR) is 111 cm³/mol. The summed E-state index contributed by atoms with van der Waals surface area (Å²) in [5, 5.41) is 8.77. The number of pyridine rings is 1. The lowest BCUT2D eigenvalue weighted by atomic mass is 10.2. The number of amides is 1. The molecule has 1 amide bonds. The van der Waals surface area contributed by atoms with Gasteiger partial charge in [0.05, 0.1) is 10.0 Å². The van der Waals surface area contributed by atoms with Crippen LogP contribution in [0.1, 0.15) is 10.4 Å². The second kappa shape index (κ2) is 9.08. The molecule has 0 saturated heterocycles.